The van der Waals surface area contributed by atoms with Gasteiger partial charge < -0.3 is 0 Å². The van der Waals surface area contributed by atoms with E-state index in [0.717, 1.165) is 16.9 Å². The van der Waals surface area contributed by atoms with Crippen LogP contribution in [0.3, 0.4) is 0 Å². The Balaban J connectivity index is 2.10. The highest BCUT2D eigenvalue weighted by molar-refractivity contribution is 7.17. The Morgan fingerprint density at radius 2 is 2.05 bits per heavy atom. The van der Waals surface area contributed by atoms with Crippen LogP contribution in [0.5, 0.6) is 0 Å². The van der Waals surface area contributed by atoms with Crippen molar-refractivity contribution in [3.05, 3.63) is 61.4 Å². The smallest absolute Gasteiger partial charge is 0.271 e. The molecule has 0 radical (unpaired) electrons. The second kappa shape index (κ2) is 5.79. The Labute approximate surface area is 135 Å². The molecule has 3 nitrogen and oxygen atoms in total. The predicted molar refractivity (Wildman–Crippen MR) is 88.8 cm³/mol. The number of hydrogen-bond acceptors (Lipinski definition) is 3. The number of aromatic nitrogens is 2. The number of hydrogen-bond donors (Lipinski definition) is 0. The van der Waals surface area contributed by atoms with Crippen molar-refractivity contribution in [3.63, 3.8) is 0 Å². The number of halogens is 2. The fourth-order valence-electron chi connectivity index (χ4n) is 2.28. The number of fused-ring (bicyclic) bond motifs is 1. The number of benzene rings is 1. The zero-order valence-electron chi connectivity index (χ0n) is 11.3. The first-order valence-corrected chi connectivity index (χ1v) is 8.14. The fourth-order valence-corrected chi connectivity index (χ4v) is 3.38. The lowest BCUT2D eigenvalue weighted by molar-refractivity contribution is 0.670. The van der Waals surface area contributed by atoms with Crippen molar-refractivity contribution in [1.29, 1.82) is 0 Å². The highest BCUT2D eigenvalue weighted by Gasteiger charge is 2.12. The van der Waals surface area contributed by atoms with E-state index in [1.54, 1.807) is 10.6 Å². The lowest BCUT2D eigenvalue weighted by Crippen LogP contribution is -2.24. The summed E-state index contributed by atoms with van der Waals surface area (Å²) in [6.45, 7) is 2.54. The molecule has 0 atom stereocenters. The van der Waals surface area contributed by atoms with Gasteiger partial charge in [0, 0.05) is 13.0 Å². The monoisotopic (exact) mass is 338 g/mol. The average molecular weight is 339 g/mol. The van der Waals surface area contributed by atoms with E-state index in [-0.39, 0.29) is 5.56 Å². The lowest BCUT2D eigenvalue weighted by Gasteiger charge is -2.10. The molecule has 108 valence electrons. The largest absolute Gasteiger partial charge is 0.295 e. The molecule has 2 heterocycles. The minimum atomic E-state index is 0.0209. The fraction of sp³-hybridized carbons (Fsp3) is 0.200. The third kappa shape index (κ3) is 2.71. The van der Waals surface area contributed by atoms with Crippen molar-refractivity contribution in [2.75, 3.05) is 0 Å². The van der Waals surface area contributed by atoms with Gasteiger partial charge in [-0.2, -0.15) is 0 Å². The molecule has 0 unspecified atom stereocenters. The first-order chi connectivity index (χ1) is 10.1. The Morgan fingerprint density at radius 3 is 2.76 bits per heavy atom. The number of thiophene rings is 1. The van der Waals surface area contributed by atoms with Crippen LogP contribution in [0.25, 0.3) is 10.2 Å². The summed E-state index contributed by atoms with van der Waals surface area (Å²) in [6.07, 6.45) is 0.547. The highest BCUT2D eigenvalue weighted by atomic mass is 35.5. The molecular formula is C15H12Cl2N2OS. The Morgan fingerprint density at radius 1 is 1.24 bits per heavy atom. The maximum atomic E-state index is 12.4. The third-order valence-electron chi connectivity index (χ3n) is 3.31. The van der Waals surface area contributed by atoms with E-state index in [1.165, 1.54) is 11.3 Å². The Hall–Kier alpha value is -1.36. The maximum absolute atomic E-state index is 12.4. The van der Waals surface area contributed by atoms with Gasteiger partial charge in [-0.3, -0.25) is 9.36 Å². The maximum Gasteiger partial charge on any atom is 0.271 e. The van der Waals surface area contributed by atoms with E-state index in [2.05, 4.69) is 4.98 Å². The van der Waals surface area contributed by atoms with Crippen molar-refractivity contribution >= 4 is 44.8 Å². The lowest BCUT2D eigenvalue weighted by atomic mass is 10.1. The van der Waals surface area contributed by atoms with Crippen molar-refractivity contribution in [2.45, 2.75) is 19.9 Å². The summed E-state index contributed by atoms with van der Waals surface area (Å²) in [6, 6.07) is 7.35. The molecule has 0 bridgehead atoms. The molecule has 0 saturated heterocycles. The van der Waals surface area contributed by atoms with Crippen LogP contribution in [0, 0.1) is 0 Å². The molecule has 0 spiro atoms. The van der Waals surface area contributed by atoms with Gasteiger partial charge in [0.1, 0.15) is 10.5 Å². The topological polar surface area (TPSA) is 34.9 Å². The Kier molecular flexibility index (Phi) is 4.02. The van der Waals surface area contributed by atoms with Gasteiger partial charge in [0.05, 0.1) is 15.6 Å². The second-order valence-electron chi connectivity index (χ2n) is 4.64. The molecule has 0 aliphatic carbocycles. The summed E-state index contributed by atoms with van der Waals surface area (Å²) >= 11 is 13.4. The van der Waals surface area contributed by atoms with Gasteiger partial charge in [-0.1, -0.05) is 29.3 Å². The number of nitrogens with zero attached hydrogens (tertiary/aromatic N) is 2. The van der Waals surface area contributed by atoms with E-state index >= 15 is 0 Å². The summed E-state index contributed by atoms with van der Waals surface area (Å²) < 4.78 is 2.41. The summed E-state index contributed by atoms with van der Waals surface area (Å²) in [5.74, 6) is 0.742. The van der Waals surface area contributed by atoms with Gasteiger partial charge >= 0.3 is 0 Å². The van der Waals surface area contributed by atoms with Gasteiger partial charge in [-0.05, 0) is 36.1 Å². The third-order valence-corrected chi connectivity index (χ3v) is 4.94. The van der Waals surface area contributed by atoms with Gasteiger partial charge in [0.25, 0.3) is 5.56 Å². The molecule has 1 aromatic carbocycles. The van der Waals surface area contributed by atoms with Crippen molar-refractivity contribution in [1.82, 2.24) is 9.55 Å². The minimum absolute atomic E-state index is 0.0209. The summed E-state index contributed by atoms with van der Waals surface area (Å²) in [5, 5.41) is 2.92. The molecule has 6 heteroatoms. The van der Waals surface area contributed by atoms with Crippen LogP contribution in [0.1, 0.15) is 18.3 Å². The van der Waals surface area contributed by atoms with E-state index < -0.39 is 0 Å². The van der Waals surface area contributed by atoms with Crippen molar-refractivity contribution in [2.24, 2.45) is 0 Å². The van der Waals surface area contributed by atoms with E-state index in [1.807, 2.05) is 30.5 Å². The first kappa shape index (κ1) is 14.6. The average Bonchev–Trinajstić information content (AvgIpc) is 2.92. The van der Waals surface area contributed by atoms with Crippen LogP contribution in [0.2, 0.25) is 10.0 Å². The summed E-state index contributed by atoms with van der Waals surface area (Å²) in [4.78, 5) is 17.1. The zero-order chi connectivity index (χ0) is 15.0. The van der Waals surface area contributed by atoms with Gasteiger partial charge in [-0.25, -0.2) is 4.98 Å². The Bertz CT molecular complexity index is 870. The van der Waals surface area contributed by atoms with Gasteiger partial charge in [-0.15, -0.1) is 11.3 Å². The molecule has 0 saturated carbocycles. The van der Waals surface area contributed by atoms with Crippen molar-refractivity contribution < 1.29 is 0 Å². The van der Waals surface area contributed by atoms with Crippen LogP contribution < -0.4 is 5.56 Å². The molecule has 3 aromatic rings. The molecule has 0 aliphatic heterocycles. The molecule has 0 aliphatic rings. The van der Waals surface area contributed by atoms with Crippen LogP contribution >= 0.6 is 34.5 Å². The molecule has 21 heavy (non-hydrogen) atoms. The first-order valence-electron chi connectivity index (χ1n) is 6.51. The zero-order valence-corrected chi connectivity index (χ0v) is 13.6. The molecule has 3 rings (SSSR count). The molecule has 0 amide bonds. The predicted octanol–water partition coefficient (Wildman–Crippen LogP) is 4.38. The molecular weight excluding hydrogens is 327 g/mol. The summed E-state index contributed by atoms with van der Waals surface area (Å²) in [7, 11) is 0. The van der Waals surface area contributed by atoms with E-state index in [0.29, 0.717) is 27.7 Å². The molecule has 2 aromatic heterocycles. The van der Waals surface area contributed by atoms with Gasteiger partial charge in [0.2, 0.25) is 0 Å². The quantitative estimate of drug-likeness (QED) is 0.710. The van der Waals surface area contributed by atoms with Crippen LogP contribution in [-0.2, 0) is 13.0 Å². The standard InChI is InChI=1S/C15H12Cl2N2OS/c1-2-19-13(8-9-3-4-10(16)11(17)7-9)18-12-5-6-21-14(12)15(19)20/h3-7H,2,8H2,1H3. The second-order valence-corrected chi connectivity index (χ2v) is 6.37. The highest BCUT2D eigenvalue weighted by Crippen LogP contribution is 2.24. The van der Waals surface area contributed by atoms with Crippen molar-refractivity contribution in [3.8, 4) is 0 Å². The number of rotatable bonds is 3. The SMILES string of the molecule is CCn1c(Cc2ccc(Cl)c(Cl)c2)nc2ccsc2c1=O. The summed E-state index contributed by atoms with van der Waals surface area (Å²) in [5.41, 5.74) is 1.76. The van der Waals surface area contributed by atoms with Crippen LogP contribution in [-0.4, -0.2) is 9.55 Å². The van der Waals surface area contributed by atoms with Crippen LogP contribution in [0.4, 0.5) is 0 Å². The minimum Gasteiger partial charge on any atom is -0.295 e. The van der Waals surface area contributed by atoms with E-state index in [9.17, 15) is 4.79 Å². The van der Waals surface area contributed by atoms with Crippen LogP contribution in [0.15, 0.2) is 34.4 Å². The molecule has 0 N–H and O–H groups in total. The van der Waals surface area contributed by atoms with E-state index in [4.69, 9.17) is 23.2 Å². The normalized spacial score (nSPS) is 11.2. The van der Waals surface area contributed by atoms with Gasteiger partial charge in [0.15, 0.2) is 0 Å². The molecule has 0 fully saturated rings.